The van der Waals surface area contributed by atoms with E-state index in [9.17, 15) is 5.11 Å². The van der Waals surface area contributed by atoms with Crippen molar-refractivity contribution in [3.8, 4) is 0 Å². The second-order valence-corrected chi connectivity index (χ2v) is 6.85. The summed E-state index contributed by atoms with van der Waals surface area (Å²) in [7, 11) is 0. The van der Waals surface area contributed by atoms with Gasteiger partial charge in [-0.1, -0.05) is 29.8 Å². The minimum atomic E-state index is 0.242. The van der Waals surface area contributed by atoms with Gasteiger partial charge in [-0.15, -0.1) is 0 Å². The summed E-state index contributed by atoms with van der Waals surface area (Å²) in [6.45, 7) is 9.28. The number of aliphatic hydroxyl groups excluding tert-OH is 1. The normalized spacial score (nSPS) is 19.7. The first-order valence-corrected chi connectivity index (χ1v) is 8.77. The molecule has 5 nitrogen and oxygen atoms in total. The molecular weight excluding hydrogens is 300 g/mol. The maximum absolute atomic E-state index is 9.46. The number of aliphatic hydroxyl groups is 1. The van der Waals surface area contributed by atoms with Crippen LogP contribution in [0.5, 0.6) is 0 Å². The first kappa shape index (κ1) is 17.1. The number of imidazole rings is 1. The van der Waals surface area contributed by atoms with Crippen molar-refractivity contribution in [3.05, 3.63) is 53.1 Å². The lowest BCUT2D eigenvalue weighted by molar-refractivity contribution is 0.0494. The van der Waals surface area contributed by atoms with Crippen molar-refractivity contribution >= 4 is 0 Å². The zero-order chi connectivity index (χ0) is 16.9. The van der Waals surface area contributed by atoms with Crippen LogP contribution in [0.25, 0.3) is 0 Å². The molecule has 0 spiro atoms. The minimum absolute atomic E-state index is 0.242. The van der Waals surface area contributed by atoms with E-state index in [1.54, 1.807) is 0 Å². The summed E-state index contributed by atoms with van der Waals surface area (Å²) in [5, 5.41) is 9.46. The summed E-state index contributed by atoms with van der Waals surface area (Å²) < 4.78 is 0. The Morgan fingerprint density at radius 1 is 1.17 bits per heavy atom. The molecule has 1 fully saturated rings. The maximum atomic E-state index is 9.46. The van der Waals surface area contributed by atoms with Crippen molar-refractivity contribution in [1.82, 2.24) is 19.8 Å². The monoisotopic (exact) mass is 328 g/mol. The maximum Gasteiger partial charge on any atom is 0.103 e. The van der Waals surface area contributed by atoms with Gasteiger partial charge in [0.1, 0.15) is 5.82 Å². The zero-order valence-corrected chi connectivity index (χ0v) is 14.7. The molecule has 2 N–H and O–H groups in total. The van der Waals surface area contributed by atoms with E-state index in [1.165, 1.54) is 16.8 Å². The number of aryl methyl sites for hydroxylation is 2. The number of piperazine rings is 1. The Balaban J connectivity index is 1.61. The predicted molar refractivity (Wildman–Crippen MR) is 95.7 cm³/mol. The van der Waals surface area contributed by atoms with Crippen LogP contribution in [0.4, 0.5) is 0 Å². The molecule has 2 heterocycles. The smallest absolute Gasteiger partial charge is 0.103 e. The molecule has 0 unspecified atom stereocenters. The Labute approximate surface area is 144 Å². The van der Waals surface area contributed by atoms with Crippen LogP contribution < -0.4 is 0 Å². The Hall–Kier alpha value is -1.69. The summed E-state index contributed by atoms with van der Waals surface area (Å²) in [5.74, 6) is 0.968. The molecule has 1 saturated heterocycles. The third-order valence-electron chi connectivity index (χ3n) is 4.81. The Kier molecular flexibility index (Phi) is 5.66. The number of hydrogen-bond donors (Lipinski definition) is 2. The van der Waals surface area contributed by atoms with Gasteiger partial charge in [0.05, 0.1) is 0 Å². The van der Waals surface area contributed by atoms with Crippen LogP contribution in [0.15, 0.2) is 30.5 Å². The molecule has 0 amide bonds. The van der Waals surface area contributed by atoms with E-state index in [0.29, 0.717) is 6.04 Å². The van der Waals surface area contributed by atoms with Crippen molar-refractivity contribution in [1.29, 1.82) is 0 Å². The average Bonchev–Trinajstić information content (AvgIpc) is 2.97. The van der Waals surface area contributed by atoms with Crippen LogP contribution in [-0.2, 0) is 13.1 Å². The molecule has 130 valence electrons. The van der Waals surface area contributed by atoms with Gasteiger partial charge in [-0.25, -0.2) is 4.98 Å². The lowest BCUT2D eigenvalue weighted by Crippen LogP contribution is -2.52. The molecule has 24 heavy (non-hydrogen) atoms. The molecule has 0 saturated carbocycles. The number of rotatable bonds is 6. The molecule has 0 bridgehead atoms. The number of aromatic amines is 1. The molecule has 1 aliphatic rings. The van der Waals surface area contributed by atoms with Crippen molar-refractivity contribution in [2.24, 2.45) is 0 Å². The van der Waals surface area contributed by atoms with E-state index in [0.717, 1.165) is 45.0 Å². The van der Waals surface area contributed by atoms with Gasteiger partial charge in [-0.3, -0.25) is 9.80 Å². The van der Waals surface area contributed by atoms with E-state index in [-0.39, 0.29) is 6.61 Å². The van der Waals surface area contributed by atoms with Crippen LogP contribution in [0, 0.1) is 13.8 Å². The van der Waals surface area contributed by atoms with Gasteiger partial charge >= 0.3 is 0 Å². The van der Waals surface area contributed by atoms with E-state index in [1.807, 2.05) is 13.1 Å². The van der Waals surface area contributed by atoms with Gasteiger partial charge in [-0.05, 0) is 25.8 Å². The Bertz CT molecular complexity index is 637. The van der Waals surface area contributed by atoms with Crippen molar-refractivity contribution < 1.29 is 5.11 Å². The number of H-pyrrole nitrogens is 1. The van der Waals surface area contributed by atoms with E-state index >= 15 is 0 Å². The van der Waals surface area contributed by atoms with Crippen LogP contribution in [-0.4, -0.2) is 57.2 Å². The van der Waals surface area contributed by atoms with Crippen LogP contribution >= 0.6 is 0 Å². The standard InChI is InChI=1S/C19H28N4O/c1-15-3-5-17(6-4-15)12-23-9-8-22(14-19(23)7-10-24)13-18-11-20-16(2)21-18/h3-6,11,19,24H,7-10,12-14H2,1-2H3,(H,20,21)/t19-/m0/s1. The summed E-state index contributed by atoms with van der Waals surface area (Å²) in [4.78, 5) is 12.6. The first-order chi connectivity index (χ1) is 11.6. The van der Waals surface area contributed by atoms with E-state index < -0.39 is 0 Å². The molecule has 1 aromatic heterocycles. The molecule has 1 aromatic carbocycles. The molecule has 0 aliphatic carbocycles. The quantitative estimate of drug-likeness (QED) is 0.853. The highest BCUT2D eigenvalue weighted by Crippen LogP contribution is 2.18. The van der Waals surface area contributed by atoms with Gasteiger partial charge in [0.25, 0.3) is 0 Å². The minimum Gasteiger partial charge on any atom is -0.396 e. The van der Waals surface area contributed by atoms with Crippen molar-refractivity contribution in [2.45, 2.75) is 39.4 Å². The van der Waals surface area contributed by atoms with E-state index in [2.05, 4.69) is 51.0 Å². The topological polar surface area (TPSA) is 55.4 Å². The summed E-state index contributed by atoms with van der Waals surface area (Å²) >= 11 is 0. The van der Waals surface area contributed by atoms with Crippen molar-refractivity contribution in [3.63, 3.8) is 0 Å². The van der Waals surface area contributed by atoms with Gasteiger partial charge in [0.15, 0.2) is 0 Å². The highest BCUT2D eigenvalue weighted by Gasteiger charge is 2.26. The van der Waals surface area contributed by atoms with Crippen LogP contribution in [0.3, 0.4) is 0 Å². The fraction of sp³-hybridized carbons (Fsp3) is 0.526. The third-order valence-corrected chi connectivity index (χ3v) is 4.81. The van der Waals surface area contributed by atoms with Gasteiger partial charge in [0, 0.05) is 57.3 Å². The molecule has 3 rings (SSSR count). The van der Waals surface area contributed by atoms with Gasteiger partial charge < -0.3 is 10.1 Å². The van der Waals surface area contributed by atoms with Gasteiger partial charge in [-0.2, -0.15) is 0 Å². The largest absolute Gasteiger partial charge is 0.396 e. The molecule has 1 aliphatic heterocycles. The third kappa shape index (κ3) is 4.44. The zero-order valence-electron chi connectivity index (χ0n) is 14.7. The van der Waals surface area contributed by atoms with Crippen LogP contribution in [0.1, 0.15) is 29.1 Å². The highest BCUT2D eigenvalue weighted by molar-refractivity contribution is 5.21. The molecule has 1 atom stereocenters. The number of aromatic nitrogens is 2. The number of benzene rings is 1. The number of nitrogens with zero attached hydrogens (tertiary/aromatic N) is 3. The van der Waals surface area contributed by atoms with Gasteiger partial charge in [0.2, 0.25) is 0 Å². The Morgan fingerprint density at radius 2 is 1.96 bits per heavy atom. The lowest BCUT2D eigenvalue weighted by Gasteiger charge is -2.41. The Morgan fingerprint density at radius 3 is 2.62 bits per heavy atom. The second-order valence-electron chi connectivity index (χ2n) is 6.85. The summed E-state index contributed by atoms with van der Waals surface area (Å²) in [5.41, 5.74) is 3.81. The van der Waals surface area contributed by atoms with Crippen molar-refractivity contribution in [2.75, 3.05) is 26.2 Å². The predicted octanol–water partition coefficient (Wildman–Crippen LogP) is 2.10. The highest BCUT2D eigenvalue weighted by atomic mass is 16.3. The fourth-order valence-corrected chi connectivity index (χ4v) is 3.45. The molecule has 2 aromatic rings. The summed E-state index contributed by atoms with van der Waals surface area (Å²) in [6, 6.07) is 9.17. The number of hydrogen-bond acceptors (Lipinski definition) is 4. The molecule has 0 radical (unpaired) electrons. The lowest BCUT2D eigenvalue weighted by atomic mass is 10.1. The average molecular weight is 328 g/mol. The van der Waals surface area contributed by atoms with E-state index in [4.69, 9.17) is 0 Å². The fourth-order valence-electron chi connectivity index (χ4n) is 3.45. The SMILES string of the molecule is Cc1ccc(CN2CCN(Cc3cnc(C)[nH]3)C[C@@H]2CCO)cc1. The second kappa shape index (κ2) is 7.92. The summed E-state index contributed by atoms with van der Waals surface area (Å²) in [6.07, 6.45) is 2.75. The first-order valence-electron chi connectivity index (χ1n) is 8.77. The van der Waals surface area contributed by atoms with Crippen LogP contribution in [0.2, 0.25) is 0 Å². The molecule has 5 heteroatoms. The number of nitrogens with one attached hydrogen (secondary N) is 1. The molecular formula is C19H28N4O.